The number of hydrogen-bond donors (Lipinski definition) is 1. The standard InChI is InChI=1S/C12H16Br2O/c1-12(2,3)9-6-8(4-5-13)11(15)10(14)7-9/h6-7,15H,4-5H2,1-3H3. The monoisotopic (exact) mass is 334 g/mol. The highest BCUT2D eigenvalue weighted by Gasteiger charge is 2.17. The number of alkyl halides is 1. The van der Waals surface area contributed by atoms with E-state index >= 15 is 0 Å². The van der Waals surface area contributed by atoms with Crippen molar-refractivity contribution in [2.75, 3.05) is 5.33 Å². The molecule has 0 aliphatic rings. The molecule has 3 heteroatoms. The molecule has 0 atom stereocenters. The molecule has 0 aromatic heterocycles. The van der Waals surface area contributed by atoms with Crippen molar-refractivity contribution in [1.29, 1.82) is 0 Å². The molecular formula is C12H16Br2O. The van der Waals surface area contributed by atoms with Crippen LogP contribution in [-0.2, 0) is 11.8 Å². The summed E-state index contributed by atoms with van der Waals surface area (Å²) in [5.74, 6) is 0.363. The van der Waals surface area contributed by atoms with E-state index in [1.54, 1.807) is 0 Å². The third-order valence-corrected chi connectivity index (χ3v) is 3.37. The van der Waals surface area contributed by atoms with Crippen LogP contribution in [0.2, 0.25) is 0 Å². The second-order valence-electron chi connectivity index (χ2n) is 4.65. The summed E-state index contributed by atoms with van der Waals surface area (Å²) in [4.78, 5) is 0. The molecule has 0 saturated heterocycles. The summed E-state index contributed by atoms with van der Waals surface area (Å²) in [6, 6.07) is 4.08. The number of aryl methyl sites for hydroxylation is 1. The van der Waals surface area contributed by atoms with Gasteiger partial charge in [-0.2, -0.15) is 0 Å². The molecule has 0 fully saturated rings. The Labute approximate surface area is 108 Å². The van der Waals surface area contributed by atoms with E-state index < -0.39 is 0 Å². The van der Waals surface area contributed by atoms with Crippen LogP contribution in [0.1, 0.15) is 31.9 Å². The van der Waals surface area contributed by atoms with E-state index in [4.69, 9.17) is 0 Å². The average Bonchev–Trinajstić information content (AvgIpc) is 2.11. The van der Waals surface area contributed by atoms with Gasteiger partial charge in [0, 0.05) is 5.33 Å². The Balaban J connectivity index is 3.23. The molecule has 0 spiro atoms. The van der Waals surface area contributed by atoms with Gasteiger partial charge in [0.1, 0.15) is 5.75 Å². The maximum absolute atomic E-state index is 9.85. The van der Waals surface area contributed by atoms with Gasteiger partial charge in [-0.25, -0.2) is 0 Å². The average molecular weight is 336 g/mol. The van der Waals surface area contributed by atoms with E-state index in [0.29, 0.717) is 5.75 Å². The first-order valence-corrected chi connectivity index (χ1v) is 6.85. The zero-order chi connectivity index (χ0) is 11.6. The molecule has 15 heavy (non-hydrogen) atoms. The SMILES string of the molecule is CC(C)(C)c1cc(Br)c(O)c(CCBr)c1. The van der Waals surface area contributed by atoms with Crippen molar-refractivity contribution in [3.8, 4) is 5.75 Å². The number of rotatable bonds is 2. The molecule has 0 unspecified atom stereocenters. The second kappa shape index (κ2) is 4.88. The predicted molar refractivity (Wildman–Crippen MR) is 72.0 cm³/mol. The molecule has 0 aliphatic carbocycles. The summed E-state index contributed by atoms with van der Waals surface area (Å²) in [6.45, 7) is 6.51. The fraction of sp³-hybridized carbons (Fsp3) is 0.500. The maximum atomic E-state index is 9.85. The van der Waals surface area contributed by atoms with Crippen molar-refractivity contribution in [3.63, 3.8) is 0 Å². The Kier molecular flexibility index (Phi) is 4.24. The summed E-state index contributed by atoms with van der Waals surface area (Å²) in [6.07, 6.45) is 0.842. The molecule has 0 radical (unpaired) electrons. The summed E-state index contributed by atoms with van der Waals surface area (Å²) >= 11 is 6.79. The van der Waals surface area contributed by atoms with Crippen LogP contribution in [0.5, 0.6) is 5.75 Å². The lowest BCUT2D eigenvalue weighted by Crippen LogP contribution is -2.11. The van der Waals surface area contributed by atoms with Crippen molar-refractivity contribution < 1.29 is 5.11 Å². The Bertz CT molecular complexity index is 353. The van der Waals surface area contributed by atoms with E-state index in [1.807, 2.05) is 6.07 Å². The first-order chi connectivity index (χ1) is 6.86. The highest BCUT2D eigenvalue weighted by molar-refractivity contribution is 9.10. The third kappa shape index (κ3) is 3.22. The molecule has 84 valence electrons. The summed E-state index contributed by atoms with van der Waals surface area (Å²) in [7, 11) is 0. The predicted octanol–water partition coefficient (Wildman–Crippen LogP) is 4.39. The van der Waals surface area contributed by atoms with Crippen molar-refractivity contribution >= 4 is 31.9 Å². The zero-order valence-electron chi connectivity index (χ0n) is 9.27. The van der Waals surface area contributed by atoms with Gasteiger partial charge in [-0.05, 0) is 45.0 Å². The number of halogens is 2. The smallest absolute Gasteiger partial charge is 0.132 e. The van der Waals surface area contributed by atoms with Gasteiger partial charge in [-0.1, -0.05) is 42.8 Å². The largest absolute Gasteiger partial charge is 0.506 e. The van der Waals surface area contributed by atoms with Crippen molar-refractivity contribution in [3.05, 3.63) is 27.7 Å². The summed E-state index contributed by atoms with van der Waals surface area (Å²) in [5, 5.41) is 10.7. The molecule has 0 bridgehead atoms. The lowest BCUT2D eigenvalue weighted by Gasteiger charge is -2.21. The molecular weight excluding hydrogens is 320 g/mol. The number of aromatic hydroxyl groups is 1. The number of hydrogen-bond acceptors (Lipinski definition) is 1. The van der Waals surface area contributed by atoms with Gasteiger partial charge in [-0.3, -0.25) is 0 Å². The molecule has 0 aliphatic heterocycles. The van der Waals surface area contributed by atoms with Gasteiger partial charge in [0.25, 0.3) is 0 Å². The van der Waals surface area contributed by atoms with Crippen LogP contribution in [0, 0.1) is 0 Å². The van der Waals surface area contributed by atoms with E-state index in [0.717, 1.165) is 21.8 Å². The zero-order valence-corrected chi connectivity index (χ0v) is 12.4. The first-order valence-electron chi connectivity index (χ1n) is 4.94. The maximum Gasteiger partial charge on any atom is 0.132 e. The van der Waals surface area contributed by atoms with Crippen LogP contribution >= 0.6 is 31.9 Å². The van der Waals surface area contributed by atoms with Crippen molar-refractivity contribution in [2.24, 2.45) is 0 Å². The van der Waals surface area contributed by atoms with Crippen LogP contribution in [0.4, 0.5) is 0 Å². The Morgan fingerprint density at radius 2 is 1.87 bits per heavy atom. The van der Waals surface area contributed by atoms with Crippen molar-refractivity contribution in [1.82, 2.24) is 0 Å². The van der Waals surface area contributed by atoms with Crippen LogP contribution in [0.25, 0.3) is 0 Å². The number of benzene rings is 1. The lowest BCUT2D eigenvalue weighted by atomic mass is 9.86. The van der Waals surface area contributed by atoms with Crippen LogP contribution in [0.15, 0.2) is 16.6 Å². The Hall–Kier alpha value is -0.0200. The first kappa shape index (κ1) is 13.0. The van der Waals surface area contributed by atoms with Gasteiger partial charge in [0.15, 0.2) is 0 Å². The Morgan fingerprint density at radius 3 is 2.33 bits per heavy atom. The molecule has 1 aromatic rings. The van der Waals surface area contributed by atoms with Gasteiger partial charge >= 0.3 is 0 Å². The van der Waals surface area contributed by atoms with E-state index in [1.165, 1.54) is 5.56 Å². The highest BCUT2D eigenvalue weighted by atomic mass is 79.9. The molecule has 1 nitrogen and oxygen atoms in total. The highest BCUT2D eigenvalue weighted by Crippen LogP contribution is 2.34. The molecule has 1 rings (SSSR count). The van der Waals surface area contributed by atoms with Crippen molar-refractivity contribution in [2.45, 2.75) is 32.6 Å². The van der Waals surface area contributed by atoms with Crippen LogP contribution < -0.4 is 0 Å². The molecule has 1 aromatic carbocycles. The summed E-state index contributed by atoms with van der Waals surface area (Å²) in [5.41, 5.74) is 2.34. The van der Waals surface area contributed by atoms with Gasteiger partial charge < -0.3 is 5.11 Å². The van der Waals surface area contributed by atoms with Gasteiger partial charge in [0.05, 0.1) is 4.47 Å². The minimum absolute atomic E-state index is 0.108. The van der Waals surface area contributed by atoms with E-state index in [2.05, 4.69) is 58.7 Å². The third-order valence-electron chi connectivity index (χ3n) is 2.37. The topological polar surface area (TPSA) is 20.2 Å². The Morgan fingerprint density at radius 1 is 1.27 bits per heavy atom. The molecule has 0 heterocycles. The van der Waals surface area contributed by atoms with Gasteiger partial charge in [-0.15, -0.1) is 0 Å². The lowest BCUT2D eigenvalue weighted by molar-refractivity contribution is 0.464. The minimum atomic E-state index is 0.108. The number of phenolic OH excluding ortho intramolecular Hbond substituents is 1. The summed E-state index contributed by atoms with van der Waals surface area (Å²) < 4.78 is 0.783. The van der Waals surface area contributed by atoms with Gasteiger partial charge in [0.2, 0.25) is 0 Å². The fourth-order valence-corrected chi connectivity index (χ4v) is 2.31. The number of phenols is 1. The van der Waals surface area contributed by atoms with Crippen LogP contribution in [0.3, 0.4) is 0 Å². The molecule has 0 saturated carbocycles. The second-order valence-corrected chi connectivity index (χ2v) is 6.30. The molecule has 1 N–H and O–H groups in total. The fourth-order valence-electron chi connectivity index (χ4n) is 1.38. The van der Waals surface area contributed by atoms with E-state index in [-0.39, 0.29) is 5.41 Å². The quantitative estimate of drug-likeness (QED) is 0.795. The van der Waals surface area contributed by atoms with E-state index in [9.17, 15) is 5.11 Å². The molecule has 0 amide bonds. The minimum Gasteiger partial charge on any atom is -0.506 e. The van der Waals surface area contributed by atoms with Crippen LogP contribution in [-0.4, -0.2) is 10.4 Å². The normalized spacial score (nSPS) is 11.8.